The largest absolute Gasteiger partial charge is 0.497 e. The number of hydrogen-bond donors (Lipinski definition) is 2. The van der Waals surface area contributed by atoms with Gasteiger partial charge in [0.15, 0.2) is 5.96 Å². The van der Waals surface area contributed by atoms with Crippen LogP contribution in [0.25, 0.3) is 0 Å². The van der Waals surface area contributed by atoms with Crippen molar-refractivity contribution in [3.05, 3.63) is 59.7 Å². The standard InChI is InChI=1S/C20H24N4O2/c1-26-18-10-8-17(9-11-18)23-20(21)22-13-15-4-6-16(7-5-15)14-24-12-2-3-19(24)25/h4-11H,2-3,12-14H2,1H3,(H3,21,22,23). The van der Waals surface area contributed by atoms with Gasteiger partial charge >= 0.3 is 0 Å². The molecule has 1 fully saturated rings. The van der Waals surface area contributed by atoms with Crippen molar-refractivity contribution in [1.82, 2.24) is 4.90 Å². The van der Waals surface area contributed by atoms with Gasteiger partial charge in [0.05, 0.1) is 13.7 Å². The molecule has 0 aliphatic carbocycles. The second kappa shape index (κ2) is 8.38. The molecule has 1 amide bonds. The Kier molecular flexibility index (Phi) is 5.73. The lowest BCUT2D eigenvalue weighted by atomic mass is 10.1. The van der Waals surface area contributed by atoms with Crippen LogP contribution in [0.1, 0.15) is 24.0 Å². The normalized spacial score (nSPS) is 14.6. The molecule has 0 atom stereocenters. The van der Waals surface area contributed by atoms with Crippen molar-refractivity contribution in [2.45, 2.75) is 25.9 Å². The Morgan fingerprint density at radius 3 is 2.46 bits per heavy atom. The van der Waals surface area contributed by atoms with Crippen molar-refractivity contribution in [2.75, 3.05) is 19.0 Å². The molecule has 0 spiro atoms. The highest BCUT2D eigenvalue weighted by molar-refractivity contribution is 5.92. The molecular weight excluding hydrogens is 328 g/mol. The van der Waals surface area contributed by atoms with Crippen LogP contribution in [0.2, 0.25) is 0 Å². The molecule has 3 rings (SSSR count). The average Bonchev–Trinajstić information content (AvgIpc) is 3.06. The van der Waals surface area contributed by atoms with Crippen molar-refractivity contribution in [1.29, 1.82) is 0 Å². The number of benzene rings is 2. The van der Waals surface area contributed by atoms with Gasteiger partial charge < -0.3 is 20.7 Å². The Morgan fingerprint density at radius 2 is 1.85 bits per heavy atom. The predicted molar refractivity (Wildman–Crippen MR) is 103 cm³/mol. The Labute approximate surface area is 153 Å². The van der Waals surface area contributed by atoms with Crippen LogP contribution in [-0.4, -0.2) is 30.4 Å². The summed E-state index contributed by atoms with van der Waals surface area (Å²) in [6.07, 6.45) is 1.64. The zero-order chi connectivity index (χ0) is 18.4. The molecule has 0 unspecified atom stereocenters. The summed E-state index contributed by atoms with van der Waals surface area (Å²) < 4.78 is 5.13. The first kappa shape index (κ1) is 17.8. The molecule has 0 bridgehead atoms. The molecule has 1 aliphatic rings. The Balaban J connectivity index is 1.52. The average molecular weight is 352 g/mol. The van der Waals surface area contributed by atoms with Crippen LogP contribution >= 0.6 is 0 Å². The summed E-state index contributed by atoms with van der Waals surface area (Å²) in [5.74, 6) is 1.40. The van der Waals surface area contributed by atoms with Crippen molar-refractivity contribution < 1.29 is 9.53 Å². The van der Waals surface area contributed by atoms with Crippen LogP contribution in [0.5, 0.6) is 5.75 Å². The topological polar surface area (TPSA) is 80.0 Å². The van der Waals surface area contributed by atoms with Crippen LogP contribution in [0.15, 0.2) is 53.5 Å². The van der Waals surface area contributed by atoms with Gasteiger partial charge in [0.1, 0.15) is 5.75 Å². The van der Waals surface area contributed by atoms with Crippen LogP contribution in [0, 0.1) is 0 Å². The number of carbonyl (C=O) groups is 1. The maximum Gasteiger partial charge on any atom is 0.222 e. The van der Waals surface area contributed by atoms with E-state index in [-0.39, 0.29) is 5.91 Å². The van der Waals surface area contributed by atoms with Crippen LogP contribution in [0.3, 0.4) is 0 Å². The van der Waals surface area contributed by atoms with E-state index in [9.17, 15) is 4.79 Å². The van der Waals surface area contributed by atoms with Crippen molar-refractivity contribution in [3.8, 4) is 5.75 Å². The SMILES string of the molecule is COc1ccc(NC(N)=NCc2ccc(CN3CCCC3=O)cc2)cc1. The van der Waals surface area contributed by atoms with Gasteiger partial charge in [0, 0.05) is 25.2 Å². The van der Waals surface area contributed by atoms with E-state index in [1.807, 2.05) is 53.4 Å². The molecule has 3 N–H and O–H groups in total. The first-order valence-electron chi connectivity index (χ1n) is 8.70. The molecule has 6 nitrogen and oxygen atoms in total. The van der Waals surface area contributed by atoms with Crippen LogP contribution in [0.4, 0.5) is 5.69 Å². The summed E-state index contributed by atoms with van der Waals surface area (Å²) >= 11 is 0. The Morgan fingerprint density at radius 1 is 1.15 bits per heavy atom. The van der Waals surface area contributed by atoms with Crippen molar-refractivity contribution in [2.24, 2.45) is 10.7 Å². The molecule has 1 heterocycles. The van der Waals surface area contributed by atoms with Gasteiger partial charge in [0.2, 0.25) is 5.91 Å². The highest BCUT2D eigenvalue weighted by Gasteiger charge is 2.19. The van der Waals surface area contributed by atoms with E-state index >= 15 is 0 Å². The quantitative estimate of drug-likeness (QED) is 0.619. The molecule has 2 aromatic rings. The smallest absolute Gasteiger partial charge is 0.222 e. The molecule has 2 aromatic carbocycles. The van der Waals surface area contributed by atoms with E-state index in [0.29, 0.717) is 25.5 Å². The van der Waals surface area contributed by atoms with E-state index < -0.39 is 0 Å². The minimum absolute atomic E-state index is 0.246. The zero-order valence-corrected chi connectivity index (χ0v) is 14.9. The maximum absolute atomic E-state index is 11.7. The number of anilines is 1. The number of nitrogens with zero attached hydrogens (tertiary/aromatic N) is 2. The summed E-state index contributed by atoms with van der Waals surface area (Å²) in [5, 5.41) is 3.06. The monoisotopic (exact) mass is 352 g/mol. The second-order valence-electron chi connectivity index (χ2n) is 6.29. The molecule has 26 heavy (non-hydrogen) atoms. The third-order valence-electron chi connectivity index (χ3n) is 4.36. The number of methoxy groups -OCH3 is 1. The van der Waals surface area contributed by atoms with Gasteiger partial charge in [-0.25, -0.2) is 4.99 Å². The van der Waals surface area contributed by atoms with E-state index in [2.05, 4.69) is 10.3 Å². The fourth-order valence-electron chi connectivity index (χ4n) is 2.88. The van der Waals surface area contributed by atoms with Gasteiger partial charge in [-0.05, 0) is 41.8 Å². The number of amides is 1. The van der Waals surface area contributed by atoms with Crippen LogP contribution < -0.4 is 15.8 Å². The lowest BCUT2D eigenvalue weighted by Gasteiger charge is -2.15. The molecule has 0 radical (unpaired) electrons. The van der Waals surface area contributed by atoms with Gasteiger partial charge in [0.25, 0.3) is 0 Å². The Bertz CT molecular complexity index is 769. The van der Waals surface area contributed by atoms with Gasteiger partial charge in [-0.3, -0.25) is 4.79 Å². The molecule has 0 saturated carbocycles. The van der Waals surface area contributed by atoms with E-state index in [1.165, 1.54) is 0 Å². The molecule has 1 saturated heterocycles. The summed E-state index contributed by atoms with van der Waals surface area (Å²) in [5.41, 5.74) is 9.01. The highest BCUT2D eigenvalue weighted by Crippen LogP contribution is 2.16. The number of aliphatic imine (C=N–C) groups is 1. The predicted octanol–water partition coefficient (Wildman–Crippen LogP) is 2.74. The first-order chi connectivity index (χ1) is 12.6. The summed E-state index contributed by atoms with van der Waals surface area (Å²) in [6, 6.07) is 15.6. The summed E-state index contributed by atoms with van der Waals surface area (Å²) in [7, 11) is 1.63. The third-order valence-corrected chi connectivity index (χ3v) is 4.36. The van der Waals surface area contributed by atoms with E-state index in [4.69, 9.17) is 10.5 Å². The number of guanidine groups is 1. The number of likely N-dealkylation sites (tertiary alicyclic amines) is 1. The fourth-order valence-corrected chi connectivity index (χ4v) is 2.88. The summed E-state index contributed by atoms with van der Waals surface area (Å²) in [4.78, 5) is 18.0. The number of ether oxygens (including phenoxy) is 1. The number of nitrogens with one attached hydrogen (secondary N) is 1. The lowest BCUT2D eigenvalue weighted by molar-refractivity contribution is -0.128. The lowest BCUT2D eigenvalue weighted by Crippen LogP contribution is -2.23. The number of nitrogens with two attached hydrogens (primary N) is 1. The van der Waals surface area contributed by atoms with Crippen LogP contribution in [-0.2, 0) is 17.9 Å². The van der Waals surface area contributed by atoms with E-state index in [0.717, 1.165) is 35.5 Å². The van der Waals surface area contributed by atoms with Crippen molar-refractivity contribution in [3.63, 3.8) is 0 Å². The minimum Gasteiger partial charge on any atom is -0.497 e. The number of rotatable bonds is 6. The molecule has 1 aliphatic heterocycles. The molecule has 0 aromatic heterocycles. The van der Waals surface area contributed by atoms with Gasteiger partial charge in [-0.15, -0.1) is 0 Å². The highest BCUT2D eigenvalue weighted by atomic mass is 16.5. The number of carbonyl (C=O) groups excluding carboxylic acids is 1. The van der Waals surface area contributed by atoms with Gasteiger partial charge in [-0.1, -0.05) is 24.3 Å². The molecule has 6 heteroatoms. The Hall–Kier alpha value is -3.02. The van der Waals surface area contributed by atoms with Crippen molar-refractivity contribution >= 4 is 17.6 Å². The second-order valence-corrected chi connectivity index (χ2v) is 6.29. The number of hydrogen-bond acceptors (Lipinski definition) is 3. The van der Waals surface area contributed by atoms with Gasteiger partial charge in [-0.2, -0.15) is 0 Å². The summed E-state index contributed by atoms with van der Waals surface area (Å²) in [6.45, 7) is 2.04. The van der Waals surface area contributed by atoms with E-state index in [1.54, 1.807) is 7.11 Å². The third kappa shape index (κ3) is 4.75. The molecular formula is C20H24N4O2. The first-order valence-corrected chi connectivity index (χ1v) is 8.70. The maximum atomic E-state index is 11.7. The minimum atomic E-state index is 0.246. The zero-order valence-electron chi connectivity index (χ0n) is 14.9. The fraction of sp³-hybridized carbons (Fsp3) is 0.300. The molecule has 136 valence electrons.